The van der Waals surface area contributed by atoms with E-state index < -0.39 is 0 Å². The van der Waals surface area contributed by atoms with Crippen molar-refractivity contribution in [2.24, 2.45) is 0 Å². The summed E-state index contributed by atoms with van der Waals surface area (Å²) in [6.45, 7) is 7.62. The minimum atomic E-state index is -0.0488. The Morgan fingerprint density at radius 1 is 0.561 bits per heavy atom. The fourth-order valence-electron chi connectivity index (χ4n) is 5.85. The van der Waals surface area contributed by atoms with Gasteiger partial charge in [0.2, 0.25) is 0 Å². The first-order valence-corrected chi connectivity index (χ1v) is 16.9. The second-order valence-corrected chi connectivity index (χ2v) is 12.6. The molecule has 2 atom stereocenters. The van der Waals surface area contributed by atoms with Gasteiger partial charge in [0.25, 0.3) is 0 Å². The Hall–Kier alpha value is -2.04. The molecule has 2 saturated heterocycles. The average Bonchev–Trinajstić information content (AvgIpc) is 3.93. The number of rotatable bonds is 24. The molecule has 4 nitrogen and oxygen atoms in total. The van der Waals surface area contributed by atoms with Crippen LogP contribution >= 0.6 is 0 Å². The average molecular weight is 565 g/mol. The smallest absolute Gasteiger partial charge is 0.119 e. The molecular weight excluding hydrogens is 508 g/mol. The maximum atomic E-state index is 5.91. The molecule has 2 heterocycles. The Kier molecular flexibility index (Phi) is 13.9. The molecule has 2 fully saturated rings. The normalized spacial score (nSPS) is 19.1. The van der Waals surface area contributed by atoms with Crippen molar-refractivity contribution in [3.05, 3.63) is 59.7 Å². The summed E-state index contributed by atoms with van der Waals surface area (Å²) in [6, 6.07) is 17.5. The van der Waals surface area contributed by atoms with Gasteiger partial charge < -0.3 is 18.9 Å². The van der Waals surface area contributed by atoms with Crippen molar-refractivity contribution in [1.29, 1.82) is 0 Å². The molecule has 0 bridgehead atoms. The molecule has 0 saturated carbocycles. The zero-order chi connectivity index (χ0) is 28.6. The number of benzene rings is 2. The van der Waals surface area contributed by atoms with Crippen LogP contribution in [0.25, 0.3) is 0 Å². The van der Waals surface area contributed by atoms with Crippen LogP contribution in [-0.2, 0) is 14.9 Å². The van der Waals surface area contributed by atoms with Crippen molar-refractivity contribution < 1.29 is 18.9 Å². The molecule has 228 valence electrons. The van der Waals surface area contributed by atoms with Crippen molar-refractivity contribution in [3.8, 4) is 11.5 Å². The number of unbranched alkanes of at least 4 members (excludes halogenated alkanes) is 14. The van der Waals surface area contributed by atoms with E-state index in [-0.39, 0.29) is 17.6 Å². The topological polar surface area (TPSA) is 43.5 Å². The number of hydrogen-bond donors (Lipinski definition) is 0. The van der Waals surface area contributed by atoms with Crippen molar-refractivity contribution >= 4 is 0 Å². The monoisotopic (exact) mass is 564 g/mol. The Bertz CT molecular complexity index is 886. The third-order valence-electron chi connectivity index (χ3n) is 8.94. The summed E-state index contributed by atoms with van der Waals surface area (Å²) < 4.78 is 22.4. The molecule has 0 amide bonds. The van der Waals surface area contributed by atoms with E-state index in [9.17, 15) is 0 Å². The minimum Gasteiger partial charge on any atom is -0.491 e. The molecule has 4 heteroatoms. The van der Waals surface area contributed by atoms with Gasteiger partial charge in [0.05, 0.1) is 13.2 Å². The molecule has 0 aliphatic carbocycles. The van der Waals surface area contributed by atoms with E-state index in [2.05, 4.69) is 62.4 Å². The van der Waals surface area contributed by atoms with Crippen LogP contribution in [0.2, 0.25) is 0 Å². The molecule has 0 N–H and O–H groups in total. The van der Waals surface area contributed by atoms with Gasteiger partial charge in [0.1, 0.15) is 36.9 Å². The lowest BCUT2D eigenvalue weighted by Crippen LogP contribution is -2.23. The van der Waals surface area contributed by atoms with E-state index in [0.717, 1.165) is 31.1 Å². The van der Waals surface area contributed by atoms with E-state index in [1.807, 2.05) is 0 Å². The maximum absolute atomic E-state index is 5.91. The van der Waals surface area contributed by atoms with E-state index in [1.54, 1.807) is 0 Å². The van der Waals surface area contributed by atoms with Gasteiger partial charge >= 0.3 is 0 Å². The third-order valence-corrected chi connectivity index (χ3v) is 8.94. The van der Waals surface area contributed by atoms with Crippen LogP contribution < -0.4 is 9.47 Å². The first kappa shape index (κ1) is 31.9. The lowest BCUT2D eigenvalue weighted by molar-refractivity contribution is 0.262. The predicted molar refractivity (Wildman–Crippen MR) is 169 cm³/mol. The van der Waals surface area contributed by atoms with Crippen LogP contribution in [0, 0.1) is 0 Å². The minimum absolute atomic E-state index is 0.0488. The second kappa shape index (κ2) is 17.8. The summed E-state index contributed by atoms with van der Waals surface area (Å²) in [6.07, 6.45) is 22.6. The summed E-state index contributed by atoms with van der Waals surface area (Å²) in [7, 11) is 0. The van der Waals surface area contributed by atoms with Crippen LogP contribution in [-0.4, -0.2) is 38.6 Å². The van der Waals surface area contributed by atoms with E-state index in [4.69, 9.17) is 18.9 Å². The summed E-state index contributed by atoms with van der Waals surface area (Å²) in [5.41, 5.74) is 2.64. The molecule has 41 heavy (non-hydrogen) atoms. The van der Waals surface area contributed by atoms with Gasteiger partial charge in [-0.05, 0) is 41.8 Å². The molecule has 2 aliphatic heterocycles. The van der Waals surface area contributed by atoms with Gasteiger partial charge in [0.15, 0.2) is 0 Å². The molecule has 2 aromatic carbocycles. The highest BCUT2D eigenvalue weighted by molar-refractivity contribution is 5.42. The first-order valence-electron chi connectivity index (χ1n) is 16.9. The van der Waals surface area contributed by atoms with E-state index >= 15 is 0 Å². The van der Waals surface area contributed by atoms with Gasteiger partial charge in [-0.15, -0.1) is 0 Å². The molecule has 2 unspecified atom stereocenters. The van der Waals surface area contributed by atoms with E-state index in [1.165, 1.54) is 107 Å². The van der Waals surface area contributed by atoms with Crippen molar-refractivity contribution in [1.82, 2.24) is 0 Å². The number of epoxide rings is 2. The Balaban J connectivity index is 1.18. The molecule has 0 spiro atoms. The standard InChI is InChI=1S/C37H56O4/c1-3-4-5-6-7-8-9-10-11-12-13-14-15-16-17-26-37(2,31-18-22-33(23-19-31)38-27-35-29-40-35)32-20-24-34(25-21-32)39-28-36-30-41-36/h18-25,35-36H,3-17,26-30H2,1-2H3. The molecule has 2 aromatic rings. The number of ether oxygens (including phenoxy) is 4. The highest BCUT2D eigenvalue weighted by Crippen LogP contribution is 2.38. The van der Waals surface area contributed by atoms with Crippen LogP contribution in [0.3, 0.4) is 0 Å². The van der Waals surface area contributed by atoms with Gasteiger partial charge in [-0.3, -0.25) is 0 Å². The van der Waals surface area contributed by atoms with Gasteiger partial charge in [0, 0.05) is 5.41 Å². The van der Waals surface area contributed by atoms with Crippen LogP contribution in [0.15, 0.2) is 48.5 Å². The number of hydrogen-bond acceptors (Lipinski definition) is 4. The molecule has 4 rings (SSSR count). The summed E-state index contributed by atoms with van der Waals surface area (Å²) in [5.74, 6) is 1.84. The van der Waals surface area contributed by atoms with Gasteiger partial charge in [-0.25, -0.2) is 0 Å². The highest BCUT2D eigenvalue weighted by atomic mass is 16.6. The second-order valence-electron chi connectivity index (χ2n) is 12.6. The Morgan fingerprint density at radius 2 is 0.902 bits per heavy atom. The first-order chi connectivity index (χ1) is 20.2. The van der Waals surface area contributed by atoms with Crippen molar-refractivity contribution in [2.45, 2.75) is 134 Å². The SMILES string of the molecule is CCCCCCCCCCCCCCCCCC(C)(c1ccc(OCC2CO2)cc1)c1ccc(OCC2CO2)cc1. The quantitative estimate of drug-likeness (QED) is 0.0940. The fraction of sp³-hybridized carbons (Fsp3) is 0.676. The van der Waals surface area contributed by atoms with Crippen LogP contribution in [0.5, 0.6) is 11.5 Å². The maximum Gasteiger partial charge on any atom is 0.119 e. The van der Waals surface area contributed by atoms with Crippen molar-refractivity contribution in [2.75, 3.05) is 26.4 Å². The van der Waals surface area contributed by atoms with Crippen LogP contribution in [0.1, 0.15) is 128 Å². The zero-order valence-electron chi connectivity index (χ0n) is 26.0. The lowest BCUT2D eigenvalue weighted by Gasteiger charge is -2.31. The van der Waals surface area contributed by atoms with Gasteiger partial charge in [-0.1, -0.05) is 134 Å². The summed E-state index contributed by atoms with van der Waals surface area (Å²) in [4.78, 5) is 0. The molecule has 0 radical (unpaired) electrons. The molecule has 0 aromatic heterocycles. The van der Waals surface area contributed by atoms with Crippen molar-refractivity contribution in [3.63, 3.8) is 0 Å². The predicted octanol–water partition coefficient (Wildman–Crippen LogP) is 9.81. The molecular formula is C37H56O4. The summed E-state index contributed by atoms with van der Waals surface area (Å²) >= 11 is 0. The third kappa shape index (κ3) is 12.0. The lowest BCUT2D eigenvalue weighted by atomic mass is 9.72. The fourth-order valence-corrected chi connectivity index (χ4v) is 5.85. The molecule has 2 aliphatic rings. The largest absolute Gasteiger partial charge is 0.491 e. The zero-order valence-corrected chi connectivity index (χ0v) is 26.0. The van der Waals surface area contributed by atoms with E-state index in [0.29, 0.717) is 13.2 Å². The summed E-state index contributed by atoms with van der Waals surface area (Å²) in [5, 5.41) is 0. The van der Waals surface area contributed by atoms with Crippen LogP contribution in [0.4, 0.5) is 0 Å². The van der Waals surface area contributed by atoms with Gasteiger partial charge in [-0.2, -0.15) is 0 Å². The highest BCUT2D eigenvalue weighted by Gasteiger charge is 2.29. The Morgan fingerprint density at radius 3 is 1.24 bits per heavy atom. The Labute approximate surface area is 250 Å².